The monoisotopic (exact) mass is 180 g/mol. The van der Waals surface area contributed by atoms with Crippen LogP contribution in [0.5, 0.6) is 0 Å². The average Bonchev–Trinajstić information content (AvgIpc) is 2.08. The van der Waals surface area contributed by atoms with Crippen LogP contribution < -0.4 is 5.73 Å². The van der Waals surface area contributed by atoms with Crippen molar-refractivity contribution in [1.82, 2.24) is 0 Å². The summed E-state index contributed by atoms with van der Waals surface area (Å²) in [7, 11) is 0. The van der Waals surface area contributed by atoms with E-state index in [9.17, 15) is 9.18 Å². The van der Waals surface area contributed by atoms with Crippen molar-refractivity contribution in [3.05, 3.63) is 41.6 Å². The molecule has 0 spiro atoms. The van der Waals surface area contributed by atoms with Crippen LogP contribution in [0.3, 0.4) is 0 Å². The Kier molecular flexibility index (Phi) is 3.01. The standard InChI is InChI=1S/C10H11FNO/c1-7(10(12)13)6-8-2-4-9(11)5-3-8/h2-5H,6H2,1H3,(H2,12,13). The van der Waals surface area contributed by atoms with E-state index in [1.807, 2.05) is 0 Å². The van der Waals surface area contributed by atoms with Gasteiger partial charge in [-0.05, 0) is 31.0 Å². The second kappa shape index (κ2) is 4.03. The number of primary amides is 1. The third kappa shape index (κ3) is 2.86. The molecule has 0 atom stereocenters. The van der Waals surface area contributed by atoms with Crippen LogP contribution in [-0.2, 0) is 11.2 Å². The number of carbonyl (C=O) groups is 1. The topological polar surface area (TPSA) is 43.1 Å². The Hall–Kier alpha value is -1.38. The maximum absolute atomic E-state index is 12.5. The maximum atomic E-state index is 12.5. The van der Waals surface area contributed by atoms with Gasteiger partial charge in [-0.1, -0.05) is 12.1 Å². The van der Waals surface area contributed by atoms with E-state index in [4.69, 9.17) is 5.73 Å². The van der Waals surface area contributed by atoms with Crippen LogP contribution in [0.15, 0.2) is 24.3 Å². The second-order valence-corrected chi connectivity index (χ2v) is 2.95. The molecule has 1 aromatic carbocycles. The molecule has 2 N–H and O–H groups in total. The molecule has 13 heavy (non-hydrogen) atoms. The minimum absolute atomic E-state index is 0.277. The molecule has 0 aromatic heterocycles. The van der Waals surface area contributed by atoms with Gasteiger partial charge in [-0.2, -0.15) is 0 Å². The molecule has 0 bridgehead atoms. The molecule has 1 radical (unpaired) electrons. The highest BCUT2D eigenvalue weighted by Gasteiger charge is 2.09. The molecule has 1 rings (SSSR count). The van der Waals surface area contributed by atoms with Crippen LogP contribution in [0, 0.1) is 11.7 Å². The minimum Gasteiger partial charge on any atom is -0.369 e. The van der Waals surface area contributed by atoms with Gasteiger partial charge in [0.25, 0.3) is 0 Å². The molecule has 0 saturated carbocycles. The number of carbonyl (C=O) groups excluding carboxylic acids is 1. The summed E-state index contributed by atoms with van der Waals surface area (Å²) >= 11 is 0. The van der Waals surface area contributed by atoms with Gasteiger partial charge in [0.05, 0.1) is 5.92 Å². The van der Waals surface area contributed by atoms with Crippen LogP contribution in [0.2, 0.25) is 0 Å². The Bertz CT molecular complexity index is 294. The van der Waals surface area contributed by atoms with Crippen LogP contribution in [0.4, 0.5) is 4.39 Å². The van der Waals surface area contributed by atoms with Crippen molar-refractivity contribution in [2.24, 2.45) is 5.73 Å². The van der Waals surface area contributed by atoms with Crippen molar-refractivity contribution in [2.75, 3.05) is 0 Å². The molecular weight excluding hydrogens is 169 g/mol. The van der Waals surface area contributed by atoms with Crippen LogP contribution in [0.25, 0.3) is 0 Å². The number of benzene rings is 1. The lowest BCUT2D eigenvalue weighted by atomic mass is 10.0. The molecule has 2 nitrogen and oxygen atoms in total. The zero-order valence-electron chi connectivity index (χ0n) is 7.38. The number of halogens is 1. The highest BCUT2D eigenvalue weighted by Crippen LogP contribution is 2.10. The molecule has 0 aliphatic heterocycles. The normalized spacial score (nSPS) is 10.4. The molecule has 1 amide bonds. The lowest BCUT2D eigenvalue weighted by Gasteiger charge is -2.05. The fraction of sp³-hybridized carbons (Fsp3) is 0.200. The van der Waals surface area contributed by atoms with E-state index in [0.717, 1.165) is 5.56 Å². The van der Waals surface area contributed by atoms with Gasteiger partial charge < -0.3 is 5.73 Å². The van der Waals surface area contributed by atoms with Gasteiger partial charge in [0.15, 0.2) is 0 Å². The Labute approximate surface area is 76.6 Å². The Morgan fingerprint density at radius 3 is 2.38 bits per heavy atom. The fourth-order valence-electron chi connectivity index (χ4n) is 0.996. The van der Waals surface area contributed by atoms with Gasteiger partial charge in [-0.3, -0.25) is 4.79 Å². The SMILES string of the molecule is C[C](Cc1ccc(F)cc1)C(N)=O. The van der Waals surface area contributed by atoms with Gasteiger partial charge in [-0.25, -0.2) is 4.39 Å². The number of hydrogen-bond donors (Lipinski definition) is 1. The highest BCUT2D eigenvalue weighted by atomic mass is 19.1. The molecular formula is C10H11FNO. The van der Waals surface area contributed by atoms with Gasteiger partial charge >= 0.3 is 0 Å². The van der Waals surface area contributed by atoms with Crippen molar-refractivity contribution in [2.45, 2.75) is 13.3 Å². The first-order chi connectivity index (χ1) is 6.09. The number of nitrogens with two attached hydrogens (primary N) is 1. The molecule has 0 heterocycles. The van der Waals surface area contributed by atoms with Gasteiger partial charge in [0.1, 0.15) is 5.82 Å². The summed E-state index contributed by atoms with van der Waals surface area (Å²) in [6, 6.07) is 6.01. The van der Waals surface area contributed by atoms with Crippen molar-refractivity contribution in [3.63, 3.8) is 0 Å². The molecule has 1 aromatic rings. The summed E-state index contributed by atoms with van der Waals surface area (Å²) < 4.78 is 12.5. The van der Waals surface area contributed by atoms with Crippen LogP contribution >= 0.6 is 0 Å². The van der Waals surface area contributed by atoms with E-state index in [0.29, 0.717) is 12.3 Å². The van der Waals surface area contributed by atoms with Gasteiger partial charge in [0.2, 0.25) is 5.91 Å². The molecule has 69 valence electrons. The summed E-state index contributed by atoms with van der Waals surface area (Å²) in [4.78, 5) is 10.7. The summed E-state index contributed by atoms with van der Waals surface area (Å²) in [6.45, 7) is 1.67. The van der Waals surface area contributed by atoms with Crippen molar-refractivity contribution < 1.29 is 9.18 Å². The lowest BCUT2D eigenvalue weighted by Crippen LogP contribution is -2.20. The van der Waals surface area contributed by atoms with E-state index < -0.39 is 5.91 Å². The zero-order chi connectivity index (χ0) is 9.84. The number of rotatable bonds is 3. The maximum Gasteiger partial charge on any atom is 0.224 e. The van der Waals surface area contributed by atoms with Crippen molar-refractivity contribution in [1.29, 1.82) is 0 Å². The predicted octanol–water partition coefficient (Wildman–Crippen LogP) is 1.45. The predicted molar refractivity (Wildman–Crippen MR) is 48.2 cm³/mol. The highest BCUT2D eigenvalue weighted by molar-refractivity contribution is 5.88. The fourth-order valence-corrected chi connectivity index (χ4v) is 0.996. The van der Waals surface area contributed by atoms with E-state index in [-0.39, 0.29) is 5.82 Å². The van der Waals surface area contributed by atoms with E-state index in [1.165, 1.54) is 12.1 Å². The lowest BCUT2D eigenvalue weighted by molar-refractivity contribution is -0.116. The summed E-state index contributed by atoms with van der Waals surface area (Å²) in [5, 5.41) is 0. The molecule has 0 fully saturated rings. The summed E-state index contributed by atoms with van der Waals surface area (Å²) in [5.74, 6) is -0.114. The summed E-state index contributed by atoms with van der Waals surface area (Å²) in [6.07, 6.45) is 0.482. The van der Waals surface area contributed by atoms with Crippen LogP contribution in [-0.4, -0.2) is 5.91 Å². The third-order valence-corrected chi connectivity index (χ3v) is 1.80. The molecule has 3 heteroatoms. The zero-order valence-corrected chi connectivity index (χ0v) is 7.38. The first-order valence-corrected chi connectivity index (χ1v) is 3.96. The number of amides is 1. The smallest absolute Gasteiger partial charge is 0.224 e. The Morgan fingerprint density at radius 2 is 1.92 bits per heavy atom. The molecule has 0 aliphatic carbocycles. The summed E-state index contributed by atoms with van der Waals surface area (Å²) in [5.41, 5.74) is 5.95. The first-order valence-electron chi connectivity index (χ1n) is 3.96. The third-order valence-electron chi connectivity index (χ3n) is 1.80. The Morgan fingerprint density at radius 1 is 1.38 bits per heavy atom. The van der Waals surface area contributed by atoms with E-state index in [1.54, 1.807) is 19.1 Å². The largest absolute Gasteiger partial charge is 0.369 e. The van der Waals surface area contributed by atoms with E-state index >= 15 is 0 Å². The minimum atomic E-state index is -0.413. The Balaban J connectivity index is 2.64. The first kappa shape index (κ1) is 9.71. The average molecular weight is 180 g/mol. The van der Waals surface area contributed by atoms with Crippen LogP contribution in [0.1, 0.15) is 12.5 Å². The van der Waals surface area contributed by atoms with Crippen molar-refractivity contribution >= 4 is 5.91 Å². The molecule has 0 unspecified atom stereocenters. The quantitative estimate of drug-likeness (QED) is 0.751. The van der Waals surface area contributed by atoms with Gasteiger partial charge in [-0.15, -0.1) is 0 Å². The van der Waals surface area contributed by atoms with E-state index in [2.05, 4.69) is 0 Å². The second-order valence-electron chi connectivity index (χ2n) is 2.95. The van der Waals surface area contributed by atoms with Gasteiger partial charge in [0, 0.05) is 0 Å². The molecule has 0 aliphatic rings. The molecule has 0 saturated heterocycles. The number of hydrogen-bond acceptors (Lipinski definition) is 1. The van der Waals surface area contributed by atoms with Crippen molar-refractivity contribution in [3.8, 4) is 0 Å².